The summed E-state index contributed by atoms with van der Waals surface area (Å²) in [4.78, 5) is 25.3. The van der Waals surface area contributed by atoms with Crippen LogP contribution in [-0.4, -0.2) is 50.5 Å². The average molecular weight is 293 g/mol. The first-order valence-corrected chi connectivity index (χ1v) is 6.96. The van der Waals surface area contributed by atoms with Gasteiger partial charge in [-0.25, -0.2) is 0 Å². The third kappa shape index (κ3) is 5.83. The fourth-order valence-corrected chi connectivity index (χ4v) is 1.95. The number of methoxy groups -OCH3 is 1. The number of likely N-dealkylation sites (N-methyl/N-ethyl adjacent to an activating group) is 1. The topological polar surface area (TPSA) is 70.7 Å². The minimum Gasteiger partial charge on any atom is -0.495 e. The third-order valence-electron chi connectivity index (χ3n) is 2.93. The smallest absolute Gasteiger partial charge is 0.238 e. The molecule has 116 valence electrons. The van der Waals surface area contributed by atoms with Crippen LogP contribution in [0.25, 0.3) is 0 Å². The molecule has 0 radical (unpaired) electrons. The number of carbonyl (C=O) groups is 2. The molecule has 0 saturated heterocycles. The van der Waals surface area contributed by atoms with Gasteiger partial charge in [0.2, 0.25) is 11.8 Å². The number of amides is 2. The van der Waals surface area contributed by atoms with Gasteiger partial charge in [0.25, 0.3) is 0 Å². The zero-order chi connectivity index (χ0) is 15.7. The molecule has 0 aliphatic rings. The van der Waals surface area contributed by atoms with Gasteiger partial charge in [0.1, 0.15) is 5.75 Å². The summed E-state index contributed by atoms with van der Waals surface area (Å²) in [7, 11) is 3.14. The Balaban J connectivity index is 2.62. The lowest BCUT2D eigenvalue weighted by molar-refractivity contribution is -0.123. The Bertz CT molecular complexity index is 477. The molecule has 0 fully saturated rings. The summed E-state index contributed by atoms with van der Waals surface area (Å²) in [5, 5.41) is 5.37. The second-order valence-corrected chi connectivity index (χ2v) is 4.63. The fourth-order valence-electron chi connectivity index (χ4n) is 1.95. The molecule has 6 nitrogen and oxygen atoms in total. The van der Waals surface area contributed by atoms with Gasteiger partial charge in [0.05, 0.1) is 25.9 Å². The van der Waals surface area contributed by atoms with E-state index in [2.05, 4.69) is 10.6 Å². The number of rotatable bonds is 8. The molecule has 0 bridgehead atoms. The number of para-hydroxylation sites is 2. The van der Waals surface area contributed by atoms with Gasteiger partial charge in [-0.05, 0) is 25.1 Å². The van der Waals surface area contributed by atoms with E-state index in [9.17, 15) is 9.59 Å². The Morgan fingerprint density at radius 2 is 1.86 bits per heavy atom. The van der Waals surface area contributed by atoms with E-state index in [1.807, 2.05) is 24.0 Å². The maximum absolute atomic E-state index is 12.1. The molecular formula is C15H23N3O3. The summed E-state index contributed by atoms with van der Waals surface area (Å²) in [6.45, 7) is 3.07. The number of carbonyl (C=O) groups excluding carboxylic acids is 2. The quantitative estimate of drug-likeness (QED) is 0.753. The Hall–Kier alpha value is -2.08. The molecule has 0 heterocycles. The lowest BCUT2D eigenvalue weighted by Crippen LogP contribution is -2.40. The Morgan fingerprint density at radius 1 is 1.19 bits per heavy atom. The maximum atomic E-state index is 12.1. The molecule has 1 aromatic rings. The SMILES string of the molecule is CCCN(CC(=O)NC)CC(=O)Nc1ccccc1OC. The van der Waals surface area contributed by atoms with Crippen LogP contribution in [-0.2, 0) is 9.59 Å². The Labute approximate surface area is 125 Å². The standard InChI is InChI=1S/C15H23N3O3/c1-4-9-18(10-14(19)16-2)11-15(20)17-12-7-5-6-8-13(12)21-3/h5-8H,4,9-11H2,1-3H3,(H,16,19)(H,17,20). The minimum absolute atomic E-state index is 0.103. The minimum atomic E-state index is -0.170. The van der Waals surface area contributed by atoms with Gasteiger partial charge in [0, 0.05) is 7.05 Å². The first-order chi connectivity index (χ1) is 10.1. The van der Waals surface area contributed by atoms with E-state index in [4.69, 9.17) is 4.74 Å². The van der Waals surface area contributed by atoms with Crippen molar-refractivity contribution in [1.82, 2.24) is 10.2 Å². The number of ether oxygens (including phenoxy) is 1. The van der Waals surface area contributed by atoms with Crippen molar-refractivity contribution in [2.45, 2.75) is 13.3 Å². The summed E-state index contributed by atoms with van der Waals surface area (Å²) in [5.74, 6) is 0.338. The maximum Gasteiger partial charge on any atom is 0.238 e. The van der Waals surface area contributed by atoms with Crippen LogP contribution in [0.15, 0.2) is 24.3 Å². The lowest BCUT2D eigenvalue weighted by atomic mass is 10.3. The second-order valence-electron chi connectivity index (χ2n) is 4.63. The van der Waals surface area contributed by atoms with E-state index in [-0.39, 0.29) is 24.9 Å². The summed E-state index contributed by atoms with van der Waals surface area (Å²) in [6, 6.07) is 7.22. The highest BCUT2D eigenvalue weighted by molar-refractivity contribution is 5.94. The molecule has 1 rings (SSSR count). The predicted octanol–water partition coefficient (Wildman–Crippen LogP) is 1.09. The number of benzene rings is 1. The highest BCUT2D eigenvalue weighted by Crippen LogP contribution is 2.22. The van der Waals surface area contributed by atoms with Crippen molar-refractivity contribution in [3.8, 4) is 5.75 Å². The number of hydrogen-bond donors (Lipinski definition) is 2. The lowest BCUT2D eigenvalue weighted by Gasteiger charge is -2.20. The van der Waals surface area contributed by atoms with Crippen LogP contribution in [0.5, 0.6) is 5.75 Å². The number of anilines is 1. The fraction of sp³-hybridized carbons (Fsp3) is 0.467. The van der Waals surface area contributed by atoms with Crippen molar-refractivity contribution in [3.63, 3.8) is 0 Å². The Morgan fingerprint density at radius 3 is 2.48 bits per heavy atom. The summed E-state index contributed by atoms with van der Waals surface area (Å²) in [6.07, 6.45) is 0.874. The molecule has 0 unspecified atom stereocenters. The van der Waals surface area contributed by atoms with Crippen LogP contribution in [0.2, 0.25) is 0 Å². The van der Waals surface area contributed by atoms with Crippen LogP contribution in [0.4, 0.5) is 5.69 Å². The van der Waals surface area contributed by atoms with Gasteiger partial charge in [-0.3, -0.25) is 14.5 Å². The first kappa shape index (κ1) is 17.0. The molecule has 0 aliphatic carbocycles. The van der Waals surface area contributed by atoms with Gasteiger partial charge >= 0.3 is 0 Å². The highest BCUT2D eigenvalue weighted by atomic mass is 16.5. The van der Waals surface area contributed by atoms with E-state index in [0.717, 1.165) is 6.42 Å². The molecule has 6 heteroatoms. The van der Waals surface area contributed by atoms with Gasteiger partial charge in [-0.2, -0.15) is 0 Å². The number of nitrogens with one attached hydrogen (secondary N) is 2. The molecule has 0 spiro atoms. The average Bonchev–Trinajstić information content (AvgIpc) is 2.47. The first-order valence-electron chi connectivity index (χ1n) is 6.96. The summed E-state index contributed by atoms with van der Waals surface area (Å²) < 4.78 is 5.19. The second kappa shape index (κ2) is 8.97. The van der Waals surface area contributed by atoms with Gasteiger partial charge in [0.15, 0.2) is 0 Å². The van der Waals surface area contributed by atoms with Crippen LogP contribution >= 0.6 is 0 Å². The van der Waals surface area contributed by atoms with Crippen molar-refractivity contribution >= 4 is 17.5 Å². The summed E-state index contributed by atoms with van der Waals surface area (Å²) >= 11 is 0. The van der Waals surface area contributed by atoms with Crippen LogP contribution in [0.1, 0.15) is 13.3 Å². The van der Waals surface area contributed by atoms with Crippen molar-refractivity contribution in [2.24, 2.45) is 0 Å². The molecule has 1 aromatic carbocycles. The summed E-state index contributed by atoms with van der Waals surface area (Å²) in [5.41, 5.74) is 0.626. The zero-order valence-corrected chi connectivity index (χ0v) is 12.8. The van der Waals surface area contributed by atoms with Crippen LogP contribution in [0, 0.1) is 0 Å². The molecular weight excluding hydrogens is 270 g/mol. The van der Waals surface area contributed by atoms with Crippen molar-refractivity contribution in [2.75, 3.05) is 39.1 Å². The van der Waals surface area contributed by atoms with Crippen molar-refractivity contribution < 1.29 is 14.3 Å². The van der Waals surface area contributed by atoms with E-state index < -0.39 is 0 Å². The van der Waals surface area contributed by atoms with E-state index >= 15 is 0 Å². The van der Waals surface area contributed by atoms with Gasteiger partial charge in [-0.1, -0.05) is 19.1 Å². The molecule has 0 atom stereocenters. The monoisotopic (exact) mass is 293 g/mol. The number of hydrogen-bond acceptors (Lipinski definition) is 4. The van der Waals surface area contributed by atoms with Gasteiger partial charge < -0.3 is 15.4 Å². The van der Waals surface area contributed by atoms with E-state index in [1.54, 1.807) is 26.3 Å². The molecule has 0 saturated carbocycles. The molecule has 2 amide bonds. The van der Waals surface area contributed by atoms with Crippen LogP contribution < -0.4 is 15.4 Å². The van der Waals surface area contributed by atoms with Crippen LogP contribution in [0.3, 0.4) is 0 Å². The molecule has 21 heavy (non-hydrogen) atoms. The normalized spacial score (nSPS) is 10.3. The number of nitrogens with zero attached hydrogens (tertiary/aromatic N) is 1. The molecule has 0 aliphatic heterocycles. The third-order valence-corrected chi connectivity index (χ3v) is 2.93. The Kier molecular flexibility index (Phi) is 7.25. The van der Waals surface area contributed by atoms with Crippen molar-refractivity contribution in [1.29, 1.82) is 0 Å². The predicted molar refractivity (Wildman–Crippen MR) is 82.4 cm³/mol. The molecule has 0 aromatic heterocycles. The highest BCUT2D eigenvalue weighted by Gasteiger charge is 2.14. The van der Waals surface area contributed by atoms with E-state index in [0.29, 0.717) is 18.0 Å². The van der Waals surface area contributed by atoms with Gasteiger partial charge in [-0.15, -0.1) is 0 Å². The van der Waals surface area contributed by atoms with E-state index in [1.165, 1.54) is 0 Å². The zero-order valence-electron chi connectivity index (χ0n) is 12.8. The largest absolute Gasteiger partial charge is 0.495 e. The molecule has 2 N–H and O–H groups in total. The van der Waals surface area contributed by atoms with Crippen molar-refractivity contribution in [3.05, 3.63) is 24.3 Å².